The number of nitrogens with one attached hydrogen (secondary N) is 1. The molecule has 0 aliphatic rings. The van der Waals surface area contributed by atoms with Crippen molar-refractivity contribution in [1.82, 2.24) is 0 Å². The molecule has 0 bridgehead atoms. The molecule has 0 aliphatic carbocycles. The zero-order chi connectivity index (χ0) is 13.8. The SMILES string of the molecule is Nc1cc(NCc2ccccc2Br)ccc1[N+](=O)[O-]. The minimum Gasteiger partial charge on any atom is -0.393 e. The molecule has 0 radical (unpaired) electrons. The van der Waals surface area contributed by atoms with Crippen LogP contribution in [0.2, 0.25) is 0 Å². The molecule has 2 rings (SSSR count). The van der Waals surface area contributed by atoms with Crippen LogP contribution in [0.5, 0.6) is 0 Å². The Morgan fingerprint density at radius 1 is 1.26 bits per heavy atom. The summed E-state index contributed by atoms with van der Waals surface area (Å²) in [6, 6.07) is 12.5. The first kappa shape index (κ1) is 13.4. The molecule has 0 unspecified atom stereocenters. The van der Waals surface area contributed by atoms with Crippen molar-refractivity contribution in [2.45, 2.75) is 6.54 Å². The van der Waals surface area contributed by atoms with Crippen LogP contribution in [0.15, 0.2) is 46.9 Å². The fraction of sp³-hybridized carbons (Fsp3) is 0.0769. The van der Waals surface area contributed by atoms with Crippen LogP contribution in [0.25, 0.3) is 0 Å². The molecule has 6 heteroatoms. The van der Waals surface area contributed by atoms with Gasteiger partial charge in [-0.05, 0) is 23.8 Å². The van der Waals surface area contributed by atoms with E-state index in [1.54, 1.807) is 12.1 Å². The van der Waals surface area contributed by atoms with Crippen molar-refractivity contribution in [1.29, 1.82) is 0 Å². The van der Waals surface area contributed by atoms with Gasteiger partial charge >= 0.3 is 0 Å². The predicted octanol–water partition coefficient (Wildman–Crippen LogP) is 3.55. The van der Waals surface area contributed by atoms with Crippen LogP contribution in [-0.4, -0.2) is 4.92 Å². The second-order valence-corrected chi connectivity index (χ2v) is 4.83. The molecule has 19 heavy (non-hydrogen) atoms. The number of rotatable bonds is 4. The number of nitrogen functional groups attached to an aromatic ring is 1. The Hall–Kier alpha value is -2.08. The van der Waals surface area contributed by atoms with Crippen LogP contribution < -0.4 is 11.1 Å². The standard InChI is InChI=1S/C13H12BrN3O2/c14-11-4-2-1-3-9(11)8-16-10-5-6-13(17(18)19)12(15)7-10/h1-7,16H,8,15H2. The fourth-order valence-corrected chi connectivity index (χ4v) is 2.09. The lowest BCUT2D eigenvalue weighted by Gasteiger charge is -2.08. The summed E-state index contributed by atoms with van der Waals surface area (Å²) in [6.45, 7) is 0.610. The average Bonchev–Trinajstić information content (AvgIpc) is 2.37. The van der Waals surface area contributed by atoms with Gasteiger partial charge in [0.15, 0.2) is 0 Å². The third-order valence-corrected chi connectivity index (χ3v) is 3.44. The third kappa shape index (κ3) is 3.23. The Bertz CT molecular complexity index is 617. The Morgan fingerprint density at radius 3 is 2.63 bits per heavy atom. The maximum absolute atomic E-state index is 10.7. The number of hydrogen-bond acceptors (Lipinski definition) is 4. The number of nitrogens with two attached hydrogens (primary N) is 1. The van der Waals surface area contributed by atoms with E-state index in [0.29, 0.717) is 6.54 Å². The summed E-state index contributed by atoms with van der Waals surface area (Å²) in [6.07, 6.45) is 0. The normalized spacial score (nSPS) is 10.2. The molecule has 2 aromatic carbocycles. The van der Waals surface area contributed by atoms with E-state index in [4.69, 9.17) is 5.73 Å². The maximum Gasteiger partial charge on any atom is 0.292 e. The molecule has 0 amide bonds. The van der Waals surface area contributed by atoms with Gasteiger partial charge in [-0.15, -0.1) is 0 Å². The van der Waals surface area contributed by atoms with Gasteiger partial charge in [-0.3, -0.25) is 10.1 Å². The number of halogens is 1. The van der Waals surface area contributed by atoms with Crippen LogP contribution in [0.4, 0.5) is 17.1 Å². The molecule has 3 N–H and O–H groups in total. The van der Waals surface area contributed by atoms with E-state index in [1.165, 1.54) is 6.07 Å². The highest BCUT2D eigenvalue weighted by Crippen LogP contribution is 2.25. The summed E-state index contributed by atoms with van der Waals surface area (Å²) in [7, 11) is 0. The Labute approximate surface area is 118 Å². The van der Waals surface area contributed by atoms with Crippen LogP contribution in [0.1, 0.15) is 5.56 Å². The van der Waals surface area contributed by atoms with Gasteiger partial charge in [-0.25, -0.2) is 0 Å². The molecule has 2 aromatic rings. The lowest BCUT2D eigenvalue weighted by atomic mass is 10.2. The monoisotopic (exact) mass is 321 g/mol. The van der Waals surface area contributed by atoms with E-state index in [-0.39, 0.29) is 11.4 Å². The van der Waals surface area contributed by atoms with Gasteiger partial charge in [-0.1, -0.05) is 34.1 Å². The van der Waals surface area contributed by atoms with Crippen LogP contribution in [0.3, 0.4) is 0 Å². The van der Waals surface area contributed by atoms with Crippen molar-refractivity contribution in [2.24, 2.45) is 0 Å². The highest BCUT2D eigenvalue weighted by atomic mass is 79.9. The Morgan fingerprint density at radius 2 is 2.00 bits per heavy atom. The van der Waals surface area contributed by atoms with Gasteiger partial charge in [0.25, 0.3) is 5.69 Å². The molecule has 5 nitrogen and oxygen atoms in total. The number of anilines is 2. The summed E-state index contributed by atoms with van der Waals surface area (Å²) >= 11 is 3.46. The van der Waals surface area contributed by atoms with Gasteiger partial charge in [0.2, 0.25) is 0 Å². The highest BCUT2D eigenvalue weighted by Gasteiger charge is 2.10. The molecular formula is C13H12BrN3O2. The summed E-state index contributed by atoms with van der Waals surface area (Å²) in [4.78, 5) is 10.2. The first-order valence-corrected chi connectivity index (χ1v) is 6.38. The quantitative estimate of drug-likeness (QED) is 0.512. The van der Waals surface area contributed by atoms with Gasteiger partial charge in [0, 0.05) is 22.8 Å². The van der Waals surface area contributed by atoms with Crippen LogP contribution in [0, 0.1) is 10.1 Å². The van der Waals surface area contributed by atoms with Gasteiger partial charge in [-0.2, -0.15) is 0 Å². The number of hydrogen-bond donors (Lipinski definition) is 2. The van der Waals surface area contributed by atoms with E-state index in [0.717, 1.165) is 15.7 Å². The van der Waals surface area contributed by atoms with Gasteiger partial charge in [0.1, 0.15) is 5.69 Å². The summed E-state index contributed by atoms with van der Waals surface area (Å²) in [5.74, 6) is 0. The summed E-state index contributed by atoms with van der Waals surface area (Å²) < 4.78 is 1.01. The summed E-state index contributed by atoms with van der Waals surface area (Å²) in [5, 5.41) is 13.8. The second kappa shape index (κ2) is 5.71. The minimum atomic E-state index is -0.493. The number of benzene rings is 2. The smallest absolute Gasteiger partial charge is 0.292 e. The maximum atomic E-state index is 10.7. The van der Waals surface area contributed by atoms with Crippen molar-refractivity contribution in [3.05, 3.63) is 62.6 Å². The highest BCUT2D eigenvalue weighted by molar-refractivity contribution is 9.10. The molecule has 0 fully saturated rings. The second-order valence-electron chi connectivity index (χ2n) is 3.98. The first-order chi connectivity index (χ1) is 9.08. The molecule has 0 atom stereocenters. The molecule has 0 aromatic heterocycles. The number of nitro groups is 1. The van der Waals surface area contributed by atoms with Gasteiger partial charge < -0.3 is 11.1 Å². The predicted molar refractivity (Wildman–Crippen MR) is 79.0 cm³/mol. The molecular weight excluding hydrogens is 310 g/mol. The van der Waals surface area contributed by atoms with Crippen molar-refractivity contribution >= 4 is 33.0 Å². The van der Waals surface area contributed by atoms with Crippen molar-refractivity contribution in [2.75, 3.05) is 11.1 Å². The average molecular weight is 322 g/mol. The zero-order valence-corrected chi connectivity index (χ0v) is 11.6. The largest absolute Gasteiger partial charge is 0.393 e. The van der Waals surface area contributed by atoms with E-state index in [2.05, 4.69) is 21.2 Å². The first-order valence-electron chi connectivity index (χ1n) is 5.59. The third-order valence-electron chi connectivity index (χ3n) is 2.67. The zero-order valence-electron chi connectivity index (χ0n) is 9.97. The molecule has 0 saturated carbocycles. The lowest BCUT2D eigenvalue weighted by Crippen LogP contribution is -2.02. The van der Waals surface area contributed by atoms with Crippen molar-refractivity contribution in [3.8, 4) is 0 Å². The van der Waals surface area contributed by atoms with E-state index in [9.17, 15) is 10.1 Å². The van der Waals surface area contributed by atoms with Crippen molar-refractivity contribution in [3.63, 3.8) is 0 Å². The van der Waals surface area contributed by atoms with Crippen LogP contribution >= 0.6 is 15.9 Å². The molecule has 0 saturated heterocycles. The van der Waals surface area contributed by atoms with Crippen LogP contribution in [-0.2, 0) is 6.54 Å². The number of nitrogens with zero attached hydrogens (tertiary/aromatic N) is 1. The van der Waals surface area contributed by atoms with E-state index < -0.39 is 4.92 Å². The topological polar surface area (TPSA) is 81.2 Å². The fourth-order valence-electron chi connectivity index (χ4n) is 1.67. The van der Waals surface area contributed by atoms with Gasteiger partial charge in [0.05, 0.1) is 4.92 Å². The summed E-state index contributed by atoms with van der Waals surface area (Å²) in [5.41, 5.74) is 7.55. The molecule has 0 aliphatic heterocycles. The van der Waals surface area contributed by atoms with E-state index in [1.807, 2.05) is 24.3 Å². The molecule has 0 spiro atoms. The Kier molecular flexibility index (Phi) is 4.01. The number of nitro benzene ring substituents is 1. The minimum absolute atomic E-state index is 0.0774. The van der Waals surface area contributed by atoms with Crippen molar-refractivity contribution < 1.29 is 4.92 Å². The molecule has 0 heterocycles. The Balaban J connectivity index is 2.11. The van der Waals surface area contributed by atoms with E-state index >= 15 is 0 Å². The molecule has 98 valence electrons. The lowest BCUT2D eigenvalue weighted by molar-refractivity contribution is -0.383.